The Labute approximate surface area is 135 Å². The van der Waals surface area contributed by atoms with E-state index in [9.17, 15) is 0 Å². The molecule has 0 fully saturated rings. The molecule has 0 radical (unpaired) electrons. The lowest BCUT2D eigenvalue weighted by Gasteiger charge is -2.09. The van der Waals surface area contributed by atoms with Crippen LogP contribution in [-0.2, 0) is 0 Å². The zero-order valence-corrected chi connectivity index (χ0v) is 13.1. The minimum absolute atomic E-state index is 0.00457. The van der Waals surface area contributed by atoms with Crippen LogP contribution in [0.5, 0.6) is 0 Å². The van der Waals surface area contributed by atoms with Gasteiger partial charge in [-0.2, -0.15) is 0 Å². The second-order valence-electron chi connectivity index (χ2n) is 3.80. The van der Waals surface area contributed by atoms with Crippen LogP contribution in [0.25, 0.3) is 0 Å². The van der Waals surface area contributed by atoms with E-state index >= 15 is 0 Å². The van der Waals surface area contributed by atoms with Gasteiger partial charge in [-0.25, -0.2) is 0 Å². The Balaban J connectivity index is 2.40. The highest BCUT2D eigenvalue weighted by Gasteiger charge is 2.10. The Morgan fingerprint density at radius 2 is 1.80 bits per heavy atom. The summed E-state index contributed by atoms with van der Waals surface area (Å²) in [6.07, 6.45) is 0. The van der Waals surface area contributed by atoms with E-state index in [0.717, 1.165) is 9.79 Å². The summed E-state index contributed by atoms with van der Waals surface area (Å²) in [5, 5.41) is 13.3. The molecular formula is C13H9Cl3N2OS. The van der Waals surface area contributed by atoms with Crippen molar-refractivity contribution < 1.29 is 5.21 Å². The summed E-state index contributed by atoms with van der Waals surface area (Å²) in [7, 11) is 0. The zero-order chi connectivity index (χ0) is 14.7. The average molecular weight is 348 g/mol. The van der Waals surface area contributed by atoms with Crippen molar-refractivity contribution in [1.29, 1.82) is 0 Å². The van der Waals surface area contributed by atoms with E-state index in [0.29, 0.717) is 20.6 Å². The van der Waals surface area contributed by atoms with Crippen molar-refractivity contribution in [2.75, 3.05) is 0 Å². The number of oxime groups is 1. The van der Waals surface area contributed by atoms with Gasteiger partial charge >= 0.3 is 0 Å². The van der Waals surface area contributed by atoms with Crippen LogP contribution in [0.4, 0.5) is 0 Å². The van der Waals surface area contributed by atoms with E-state index in [4.69, 9.17) is 45.7 Å². The molecule has 104 valence electrons. The van der Waals surface area contributed by atoms with Crippen LogP contribution in [0.2, 0.25) is 15.1 Å². The molecule has 0 aliphatic heterocycles. The first kappa shape index (κ1) is 15.3. The second kappa shape index (κ2) is 6.59. The van der Waals surface area contributed by atoms with Crippen molar-refractivity contribution in [3.63, 3.8) is 0 Å². The minimum atomic E-state index is -0.00457. The molecule has 0 saturated heterocycles. The number of nitrogens with zero attached hydrogens (tertiary/aromatic N) is 1. The summed E-state index contributed by atoms with van der Waals surface area (Å²) in [6, 6.07) is 10.5. The molecule has 3 N–H and O–H groups in total. The van der Waals surface area contributed by atoms with E-state index in [1.807, 2.05) is 6.07 Å². The van der Waals surface area contributed by atoms with E-state index in [2.05, 4.69) is 5.16 Å². The summed E-state index contributed by atoms with van der Waals surface area (Å²) in [6.45, 7) is 0. The summed E-state index contributed by atoms with van der Waals surface area (Å²) in [4.78, 5) is 1.68. The largest absolute Gasteiger partial charge is 0.409 e. The monoisotopic (exact) mass is 346 g/mol. The Morgan fingerprint density at radius 1 is 1.05 bits per heavy atom. The minimum Gasteiger partial charge on any atom is -0.409 e. The van der Waals surface area contributed by atoms with Crippen LogP contribution in [-0.4, -0.2) is 11.0 Å². The maximum atomic E-state index is 8.82. The molecule has 0 aromatic heterocycles. The van der Waals surface area contributed by atoms with Gasteiger partial charge in [-0.15, -0.1) is 0 Å². The molecule has 0 amide bonds. The number of hydrogen-bond donors (Lipinski definition) is 2. The molecule has 2 aromatic carbocycles. The number of rotatable bonds is 3. The van der Waals surface area contributed by atoms with Gasteiger partial charge < -0.3 is 10.9 Å². The lowest BCUT2D eigenvalue weighted by Crippen LogP contribution is -2.14. The second-order valence-corrected chi connectivity index (χ2v) is 6.17. The van der Waals surface area contributed by atoms with Crippen LogP contribution in [0, 0.1) is 0 Å². The highest BCUT2D eigenvalue weighted by molar-refractivity contribution is 7.99. The van der Waals surface area contributed by atoms with E-state index in [1.165, 1.54) is 11.8 Å². The Bertz CT molecular complexity index is 677. The summed E-state index contributed by atoms with van der Waals surface area (Å²) in [5.41, 5.74) is 6.20. The molecule has 20 heavy (non-hydrogen) atoms. The van der Waals surface area contributed by atoms with Crippen LogP contribution in [0.1, 0.15) is 5.56 Å². The van der Waals surface area contributed by atoms with Crippen molar-refractivity contribution in [3.05, 3.63) is 57.0 Å². The number of nitrogens with two attached hydrogens (primary N) is 1. The molecule has 0 aliphatic rings. The average Bonchev–Trinajstić information content (AvgIpc) is 2.44. The number of benzene rings is 2. The molecule has 0 spiro atoms. The quantitative estimate of drug-likeness (QED) is 0.359. The normalized spacial score (nSPS) is 11.7. The molecule has 2 aromatic rings. The van der Waals surface area contributed by atoms with Crippen molar-refractivity contribution in [1.82, 2.24) is 0 Å². The van der Waals surface area contributed by atoms with Crippen LogP contribution < -0.4 is 5.73 Å². The van der Waals surface area contributed by atoms with Crippen LogP contribution in [0.3, 0.4) is 0 Å². The molecule has 7 heteroatoms. The molecule has 0 aliphatic carbocycles. The topological polar surface area (TPSA) is 58.6 Å². The zero-order valence-electron chi connectivity index (χ0n) is 9.98. The van der Waals surface area contributed by atoms with Crippen molar-refractivity contribution in [2.45, 2.75) is 9.79 Å². The van der Waals surface area contributed by atoms with Gasteiger partial charge in [0.2, 0.25) is 0 Å². The van der Waals surface area contributed by atoms with Gasteiger partial charge in [0.15, 0.2) is 5.84 Å². The first-order valence-corrected chi connectivity index (χ1v) is 7.36. The van der Waals surface area contributed by atoms with Gasteiger partial charge in [-0.1, -0.05) is 51.7 Å². The highest BCUT2D eigenvalue weighted by Crippen LogP contribution is 2.35. The summed E-state index contributed by atoms with van der Waals surface area (Å²) < 4.78 is 0. The fraction of sp³-hybridized carbons (Fsp3) is 0. The lowest BCUT2D eigenvalue weighted by atomic mass is 10.2. The van der Waals surface area contributed by atoms with Gasteiger partial charge in [0.25, 0.3) is 0 Å². The highest BCUT2D eigenvalue weighted by atomic mass is 35.5. The van der Waals surface area contributed by atoms with Gasteiger partial charge in [0, 0.05) is 20.4 Å². The fourth-order valence-electron chi connectivity index (χ4n) is 1.51. The molecule has 0 bridgehead atoms. The Morgan fingerprint density at radius 3 is 2.45 bits per heavy atom. The molecule has 3 nitrogen and oxygen atoms in total. The number of halogens is 3. The molecular weight excluding hydrogens is 339 g/mol. The Kier molecular flexibility index (Phi) is 5.05. The van der Waals surface area contributed by atoms with Gasteiger partial charge in [-0.05, 0) is 36.4 Å². The van der Waals surface area contributed by atoms with E-state index < -0.39 is 0 Å². The third-order valence-electron chi connectivity index (χ3n) is 2.44. The SMILES string of the molecule is NC(=NO)c1cc(Cl)ccc1Sc1ccc(Cl)c(Cl)c1. The number of hydrogen-bond acceptors (Lipinski definition) is 3. The molecule has 2 rings (SSSR count). The van der Waals surface area contributed by atoms with Crippen molar-refractivity contribution in [3.8, 4) is 0 Å². The van der Waals surface area contributed by atoms with Crippen LogP contribution >= 0.6 is 46.6 Å². The first-order chi connectivity index (χ1) is 9.51. The number of amidine groups is 1. The van der Waals surface area contributed by atoms with Gasteiger partial charge in [-0.3, -0.25) is 0 Å². The van der Waals surface area contributed by atoms with Gasteiger partial charge in [0.1, 0.15) is 0 Å². The molecule has 0 saturated carbocycles. The first-order valence-electron chi connectivity index (χ1n) is 5.41. The van der Waals surface area contributed by atoms with E-state index in [1.54, 1.807) is 30.3 Å². The Hall–Kier alpha value is -1.07. The van der Waals surface area contributed by atoms with Crippen LogP contribution in [0.15, 0.2) is 51.3 Å². The summed E-state index contributed by atoms with van der Waals surface area (Å²) >= 11 is 19.2. The van der Waals surface area contributed by atoms with Crippen molar-refractivity contribution in [2.24, 2.45) is 10.9 Å². The fourth-order valence-corrected chi connectivity index (χ4v) is 3.02. The molecule has 0 atom stereocenters. The predicted molar refractivity (Wildman–Crippen MR) is 84.5 cm³/mol. The van der Waals surface area contributed by atoms with Crippen molar-refractivity contribution >= 4 is 52.4 Å². The third-order valence-corrected chi connectivity index (χ3v) is 4.48. The maximum absolute atomic E-state index is 8.82. The standard InChI is InChI=1S/C13H9Cl3N2OS/c14-7-1-4-12(9(5-7)13(17)18-19)20-8-2-3-10(15)11(16)6-8/h1-6,19H,(H2,17,18). The van der Waals surface area contributed by atoms with Gasteiger partial charge in [0.05, 0.1) is 10.0 Å². The maximum Gasteiger partial charge on any atom is 0.171 e. The molecule has 0 unspecified atom stereocenters. The predicted octanol–water partition coefficient (Wildman–Crippen LogP) is 4.89. The lowest BCUT2D eigenvalue weighted by molar-refractivity contribution is 0.318. The summed E-state index contributed by atoms with van der Waals surface area (Å²) in [5.74, 6) is -0.00457. The third kappa shape index (κ3) is 3.52. The molecule has 0 heterocycles. The smallest absolute Gasteiger partial charge is 0.171 e. The van der Waals surface area contributed by atoms with E-state index in [-0.39, 0.29) is 5.84 Å².